The standard InChI is InChI=1S/C24H23Cl2FN4O4/c1-34-19-6-3-16(25)9-14(19)11-29-12-15(10-28)22(32)31-8-2-7-24(13-31)20-18(30-23(33)35-24)5-4-17(26)21(20)27/h3-6,9-10,12H,2,7-8,11,13,28H2,1H3,(H,30,33)/b15-10+,29-12?/t24-/m0/s1. The van der Waals surface area contributed by atoms with Crippen molar-refractivity contribution in [2.45, 2.75) is 25.0 Å². The Bertz CT molecular complexity index is 1240. The molecular formula is C24H23Cl2FN4O4. The van der Waals surface area contributed by atoms with Gasteiger partial charge in [0, 0.05) is 29.5 Å². The van der Waals surface area contributed by atoms with Crippen LogP contribution in [0.5, 0.6) is 5.75 Å². The number of nitrogens with two attached hydrogens (primary N) is 1. The number of rotatable bonds is 5. The number of carbonyl (C=O) groups excluding carboxylic acids is 2. The Morgan fingerprint density at radius 3 is 2.91 bits per heavy atom. The molecule has 0 bridgehead atoms. The van der Waals surface area contributed by atoms with E-state index in [4.69, 9.17) is 38.4 Å². The fraction of sp³-hybridized carbons (Fsp3) is 0.292. The van der Waals surface area contributed by atoms with Crippen molar-refractivity contribution in [2.24, 2.45) is 10.7 Å². The zero-order valence-corrected chi connectivity index (χ0v) is 20.3. The van der Waals surface area contributed by atoms with Gasteiger partial charge in [0.2, 0.25) is 0 Å². The van der Waals surface area contributed by atoms with Crippen LogP contribution in [0.15, 0.2) is 47.1 Å². The van der Waals surface area contributed by atoms with Crippen molar-refractivity contribution >= 4 is 47.1 Å². The molecule has 1 atom stereocenters. The first kappa shape index (κ1) is 24.8. The summed E-state index contributed by atoms with van der Waals surface area (Å²) in [6.07, 6.45) is 2.60. The Balaban J connectivity index is 1.56. The van der Waals surface area contributed by atoms with Crippen LogP contribution in [-0.4, -0.2) is 43.3 Å². The first-order valence-corrected chi connectivity index (χ1v) is 11.6. The molecule has 8 nitrogen and oxygen atoms in total. The summed E-state index contributed by atoms with van der Waals surface area (Å²) in [6.45, 7) is 0.520. The Morgan fingerprint density at radius 1 is 1.37 bits per heavy atom. The lowest BCUT2D eigenvalue weighted by molar-refractivity contribution is -0.134. The predicted octanol–water partition coefficient (Wildman–Crippen LogP) is 4.63. The highest BCUT2D eigenvalue weighted by molar-refractivity contribution is 6.31. The number of piperidine rings is 1. The Hall–Kier alpha value is -3.30. The molecule has 2 aliphatic rings. The summed E-state index contributed by atoms with van der Waals surface area (Å²) >= 11 is 12.1. The van der Waals surface area contributed by atoms with Gasteiger partial charge in [-0.1, -0.05) is 23.2 Å². The molecule has 2 aliphatic heterocycles. The Kier molecular flexibility index (Phi) is 7.18. The fourth-order valence-corrected chi connectivity index (χ4v) is 4.76. The van der Waals surface area contributed by atoms with E-state index in [0.29, 0.717) is 30.2 Å². The fourth-order valence-electron chi connectivity index (χ4n) is 4.41. The van der Waals surface area contributed by atoms with Gasteiger partial charge in [0.1, 0.15) is 5.75 Å². The molecule has 184 valence electrons. The molecule has 1 fully saturated rings. The minimum absolute atomic E-state index is 0.0587. The number of ether oxygens (including phenoxy) is 2. The molecule has 1 spiro atoms. The number of hydrogen-bond acceptors (Lipinski definition) is 6. The van der Waals surface area contributed by atoms with Crippen molar-refractivity contribution in [2.75, 3.05) is 25.5 Å². The van der Waals surface area contributed by atoms with E-state index < -0.39 is 23.4 Å². The second-order valence-corrected chi connectivity index (χ2v) is 9.01. The van der Waals surface area contributed by atoms with Crippen LogP contribution in [-0.2, 0) is 21.7 Å². The summed E-state index contributed by atoms with van der Waals surface area (Å²) in [5.41, 5.74) is 5.63. The van der Waals surface area contributed by atoms with Crippen molar-refractivity contribution in [1.29, 1.82) is 0 Å². The molecule has 0 aliphatic carbocycles. The maximum atomic E-state index is 15.1. The summed E-state index contributed by atoms with van der Waals surface area (Å²) in [6, 6.07) is 8.04. The number of nitrogens with one attached hydrogen (secondary N) is 1. The maximum absolute atomic E-state index is 15.1. The van der Waals surface area contributed by atoms with Gasteiger partial charge in [-0.05, 0) is 43.2 Å². The topological polar surface area (TPSA) is 106 Å². The summed E-state index contributed by atoms with van der Waals surface area (Å²) in [4.78, 5) is 31.3. The SMILES string of the molecule is COc1ccc(Cl)cc1CN=C/C(=C\N)C(=O)N1CCC[C@@]2(C1)OC(=O)Nc1ccc(Cl)c(F)c12. The van der Waals surface area contributed by atoms with E-state index in [1.807, 2.05) is 0 Å². The highest BCUT2D eigenvalue weighted by Crippen LogP contribution is 2.45. The molecule has 35 heavy (non-hydrogen) atoms. The highest BCUT2D eigenvalue weighted by atomic mass is 35.5. The normalized spacial score (nSPS) is 19.9. The van der Waals surface area contributed by atoms with E-state index in [0.717, 1.165) is 11.8 Å². The van der Waals surface area contributed by atoms with Crippen LogP contribution in [0, 0.1) is 5.82 Å². The molecule has 0 saturated carbocycles. The molecule has 2 aromatic carbocycles. The van der Waals surface area contributed by atoms with Crippen molar-refractivity contribution in [1.82, 2.24) is 4.90 Å². The Morgan fingerprint density at radius 2 is 2.17 bits per heavy atom. The molecule has 0 unspecified atom stereocenters. The second-order valence-electron chi connectivity index (χ2n) is 8.17. The molecule has 11 heteroatoms. The molecular weight excluding hydrogens is 498 g/mol. The monoisotopic (exact) mass is 520 g/mol. The van der Waals surface area contributed by atoms with Crippen LogP contribution in [0.3, 0.4) is 0 Å². The average Bonchev–Trinajstić information content (AvgIpc) is 2.83. The minimum atomic E-state index is -1.37. The van der Waals surface area contributed by atoms with Crippen molar-refractivity contribution in [3.05, 3.63) is 69.1 Å². The number of likely N-dealkylation sites (tertiary alicyclic amines) is 1. The lowest BCUT2D eigenvalue weighted by Crippen LogP contribution is -2.54. The van der Waals surface area contributed by atoms with E-state index in [1.165, 1.54) is 23.2 Å². The molecule has 0 radical (unpaired) electrons. The number of methoxy groups -OCH3 is 1. The number of amides is 2. The average molecular weight is 521 g/mol. The van der Waals surface area contributed by atoms with Crippen molar-refractivity contribution in [3.8, 4) is 5.75 Å². The number of fused-ring (bicyclic) bond motifs is 2. The number of halogens is 3. The van der Waals surface area contributed by atoms with E-state index in [-0.39, 0.29) is 34.9 Å². The van der Waals surface area contributed by atoms with Crippen molar-refractivity contribution in [3.63, 3.8) is 0 Å². The van der Waals surface area contributed by atoms with E-state index in [1.54, 1.807) is 25.3 Å². The van der Waals surface area contributed by atoms with Gasteiger partial charge in [-0.3, -0.25) is 15.1 Å². The van der Waals surface area contributed by atoms with Crippen LogP contribution in [0.1, 0.15) is 24.0 Å². The number of nitrogens with zero attached hydrogens (tertiary/aromatic N) is 2. The number of benzene rings is 2. The van der Waals surface area contributed by atoms with Gasteiger partial charge in [-0.15, -0.1) is 0 Å². The van der Waals surface area contributed by atoms with Gasteiger partial charge < -0.3 is 20.1 Å². The van der Waals surface area contributed by atoms with Gasteiger partial charge in [-0.25, -0.2) is 9.18 Å². The van der Waals surface area contributed by atoms with Gasteiger partial charge >= 0.3 is 6.09 Å². The first-order valence-electron chi connectivity index (χ1n) is 10.8. The largest absolute Gasteiger partial charge is 0.496 e. The zero-order valence-electron chi connectivity index (χ0n) is 18.8. The summed E-state index contributed by atoms with van der Waals surface area (Å²) < 4.78 is 26.0. The lowest BCUT2D eigenvalue weighted by atomic mass is 9.83. The third-order valence-corrected chi connectivity index (χ3v) is 6.51. The molecule has 2 amide bonds. The summed E-state index contributed by atoms with van der Waals surface area (Å²) in [5, 5.41) is 2.93. The molecule has 1 saturated heterocycles. The van der Waals surface area contributed by atoms with Crippen LogP contribution in [0.2, 0.25) is 10.0 Å². The van der Waals surface area contributed by atoms with E-state index in [2.05, 4.69) is 10.3 Å². The van der Waals surface area contributed by atoms with Gasteiger partial charge in [-0.2, -0.15) is 0 Å². The zero-order chi connectivity index (χ0) is 25.2. The van der Waals surface area contributed by atoms with Gasteiger partial charge in [0.15, 0.2) is 11.4 Å². The number of aliphatic imine (C=N–C) groups is 1. The van der Waals surface area contributed by atoms with Crippen molar-refractivity contribution < 1.29 is 23.5 Å². The minimum Gasteiger partial charge on any atom is -0.496 e. The third-order valence-electron chi connectivity index (χ3n) is 5.98. The van der Waals surface area contributed by atoms with Crippen LogP contribution in [0.25, 0.3) is 0 Å². The van der Waals surface area contributed by atoms with E-state index >= 15 is 4.39 Å². The molecule has 4 rings (SSSR count). The number of hydrogen-bond donors (Lipinski definition) is 2. The number of carbonyl (C=O) groups is 2. The van der Waals surface area contributed by atoms with Gasteiger partial charge in [0.25, 0.3) is 5.91 Å². The molecule has 2 aromatic rings. The van der Waals surface area contributed by atoms with Crippen LogP contribution >= 0.6 is 23.2 Å². The summed E-state index contributed by atoms with van der Waals surface area (Å²) in [7, 11) is 1.54. The smallest absolute Gasteiger partial charge is 0.412 e. The predicted molar refractivity (Wildman–Crippen MR) is 131 cm³/mol. The highest BCUT2D eigenvalue weighted by Gasteiger charge is 2.48. The lowest BCUT2D eigenvalue weighted by Gasteiger charge is -2.45. The van der Waals surface area contributed by atoms with E-state index in [9.17, 15) is 9.59 Å². The first-order chi connectivity index (χ1) is 16.8. The van der Waals surface area contributed by atoms with Crippen LogP contribution < -0.4 is 15.8 Å². The summed E-state index contributed by atoms with van der Waals surface area (Å²) in [5.74, 6) is -0.502. The molecule has 0 aromatic heterocycles. The Labute approximate surface area is 211 Å². The molecule has 3 N–H and O–H groups in total. The van der Waals surface area contributed by atoms with Crippen LogP contribution in [0.4, 0.5) is 14.9 Å². The van der Waals surface area contributed by atoms with Gasteiger partial charge in [0.05, 0.1) is 42.0 Å². The maximum Gasteiger partial charge on any atom is 0.412 e. The third kappa shape index (κ3) is 4.92. The number of anilines is 1. The second kappa shape index (κ2) is 10.1. The quantitative estimate of drug-likeness (QED) is 0.441. The molecule has 2 heterocycles.